The molecule has 0 radical (unpaired) electrons. The van der Waals surface area contributed by atoms with Crippen molar-refractivity contribution in [2.24, 2.45) is 5.92 Å². The first-order valence-electron chi connectivity index (χ1n) is 7.33. The van der Waals surface area contributed by atoms with E-state index in [-0.39, 0.29) is 17.5 Å². The van der Waals surface area contributed by atoms with Crippen LogP contribution in [0.3, 0.4) is 0 Å². The van der Waals surface area contributed by atoms with Crippen molar-refractivity contribution in [3.8, 4) is 12.3 Å². The first-order valence-corrected chi connectivity index (χ1v) is 7.33. The average Bonchev–Trinajstić information content (AvgIpc) is 2.43. The number of piperidine rings is 1. The van der Waals surface area contributed by atoms with E-state index in [0.717, 1.165) is 12.1 Å². The first-order chi connectivity index (χ1) is 9.31. The number of nitrogens with zero attached hydrogens (tertiary/aromatic N) is 1. The van der Waals surface area contributed by atoms with Crippen LogP contribution in [0.5, 0.6) is 0 Å². The lowest BCUT2D eigenvalue weighted by molar-refractivity contribution is -0.105. The highest BCUT2D eigenvalue weighted by atomic mass is 16.3. The van der Waals surface area contributed by atoms with Gasteiger partial charge in [-0.05, 0) is 32.8 Å². The van der Waals surface area contributed by atoms with E-state index in [4.69, 9.17) is 6.42 Å². The molecule has 0 amide bonds. The molecule has 1 N–H and O–H groups in total. The molecular weight excluding hydrogens is 246 g/mol. The molecule has 2 heteroatoms. The van der Waals surface area contributed by atoms with Crippen LogP contribution in [0.4, 0.5) is 0 Å². The van der Waals surface area contributed by atoms with Crippen molar-refractivity contribution in [2.75, 3.05) is 6.54 Å². The normalized spacial score (nSPS) is 31.8. The van der Waals surface area contributed by atoms with Crippen LogP contribution in [-0.2, 0) is 5.60 Å². The molecular formula is C18H25NO. The lowest BCUT2D eigenvalue weighted by atomic mass is 9.73. The fraction of sp³-hybridized carbons (Fsp3) is 0.556. The molecule has 0 bridgehead atoms. The average molecular weight is 271 g/mol. The van der Waals surface area contributed by atoms with Crippen molar-refractivity contribution < 1.29 is 5.11 Å². The summed E-state index contributed by atoms with van der Waals surface area (Å²) in [5, 5.41) is 11.2. The van der Waals surface area contributed by atoms with Crippen molar-refractivity contribution in [2.45, 2.75) is 51.3 Å². The standard InChI is InChI=1S/C18H25NO/c1-6-17(4,5)19-13-14(2)18(20,12-15(19)3)16-10-8-7-9-11-16/h1,7-11,14-15,20H,12-13H2,2-5H3/t14-,15-,18+/m0/s1. The summed E-state index contributed by atoms with van der Waals surface area (Å²) < 4.78 is 0. The van der Waals surface area contributed by atoms with E-state index >= 15 is 0 Å². The van der Waals surface area contributed by atoms with Gasteiger partial charge in [0.15, 0.2) is 0 Å². The summed E-state index contributed by atoms with van der Waals surface area (Å²) in [6.07, 6.45) is 6.38. The lowest BCUT2D eigenvalue weighted by Gasteiger charge is -2.51. The maximum Gasteiger partial charge on any atom is 0.0948 e. The van der Waals surface area contributed by atoms with Crippen LogP contribution >= 0.6 is 0 Å². The van der Waals surface area contributed by atoms with Gasteiger partial charge in [0.2, 0.25) is 0 Å². The molecule has 2 nitrogen and oxygen atoms in total. The highest BCUT2D eigenvalue weighted by molar-refractivity contribution is 5.25. The Morgan fingerprint density at radius 1 is 1.30 bits per heavy atom. The monoisotopic (exact) mass is 271 g/mol. The maximum absolute atomic E-state index is 11.2. The molecule has 2 rings (SSSR count). The molecule has 1 aliphatic heterocycles. The Bertz CT molecular complexity index is 502. The Morgan fingerprint density at radius 2 is 1.90 bits per heavy atom. The van der Waals surface area contributed by atoms with Crippen LogP contribution in [0, 0.1) is 18.3 Å². The van der Waals surface area contributed by atoms with Gasteiger partial charge in [-0.3, -0.25) is 4.90 Å². The van der Waals surface area contributed by atoms with Gasteiger partial charge in [-0.2, -0.15) is 0 Å². The van der Waals surface area contributed by atoms with Gasteiger partial charge in [-0.1, -0.05) is 43.2 Å². The molecule has 108 valence electrons. The summed E-state index contributed by atoms with van der Waals surface area (Å²) in [5.41, 5.74) is -0.0226. The lowest BCUT2D eigenvalue weighted by Crippen LogP contribution is -2.59. The van der Waals surface area contributed by atoms with Crippen LogP contribution < -0.4 is 0 Å². The van der Waals surface area contributed by atoms with Gasteiger partial charge >= 0.3 is 0 Å². The zero-order valence-corrected chi connectivity index (χ0v) is 12.9. The second-order valence-corrected chi connectivity index (χ2v) is 6.60. The summed E-state index contributed by atoms with van der Waals surface area (Å²) in [6.45, 7) is 9.22. The summed E-state index contributed by atoms with van der Waals surface area (Å²) in [4.78, 5) is 2.33. The molecule has 0 unspecified atom stereocenters. The van der Waals surface area contributed by atoms with E-state index in [1.54, 1.807) is 0 Å². The van der Waals surface area contributed by atoms with Crippen molar-refractivity contribution in [1.29, 1.82) is 0 Å². The predicted molar refractivity (Wildman–Crippen MR) is 83.2 cm³/mol. The van der Waals surface area contributed by atoms with Crippen molar-refractivity contribution >= 4 is 0 Å². The predicted octanol–water partition coefficient (Wildman–Crippen LogP) is 3.02. The van der Waals surface area contributed by atoms with Crippen molar-refractivity contribution in [3.05, 3.63) is 35.9 Å². The number of rotatable bonds is 2. The fourth-order valence-corrected chi connectivity index (χ4v) is 3.38. The molecule has 1 aromatic rings. The van der Waals surface area contributed by atoms with Gasteiger partial charge in [0.05, 0.1) is 11.1 Å². The molecule has 0 spiro atoms. The summed E-state index contributed by atoms with van der Waals surface area (Å²) >= 11 is 0. The quantitative estimate of drug-likeness (QED) is 0.836. The van der Waals surface area contributed by atoms with Crippen LogP contribution in [0.15, 0.2) is 30.3 Å². The summed E-state index contributed by atoms with van der Waals surface area (Å²) in [6, 6.07) is 10.3. The number of aliphatic hydroxyl groups is 1. The van der Waals surface area contributed by atoms with Gasteiger partial charge in [0.25, 0.3) is 0 Å². The first kappa shape index (κ1) is 15.1. The molecule has 1 fully saturated rings. The Hall–Kier alpha value is -1.30. The van der Waals surface area contributed by atoms with Crippen LogP contribution in [-0.4, -0.2) is 28.1 Å². The van der Waals surface area contributed by atoms with E-state index < -0.39 is 5.60 Å². The Labute approximate surface area is 122 Å². The highest BCUT2D eigenvalue weighted by Crippen LogP contribution is 2.41. The van der Waals surface area contributed by atoms with Gasteiger partial charge < -0.3 is 5.11 Å². The third-order valence-electron chi connectivity index (χ3n) is 4.77. The van der Waals surface area contributed by atoms with E-state index in [0.29, 0.717) is 6.42 Å². The molecule has 0 saturated carbocycles. The minimum absolute atomic E-state index is 0.147. The zero-order valence-electron chi connectivity index (χ0n) is 12.9. The topological polar surface area (TPSA) is 23.5 Å². The van der Waals surface area contributed by atoms with Gasteiger partial charge in [0.1, 0.15) is 0 Å². The highest BCUT2D eigenvalue weighted by Gasteiger charge is 2.46. The third kappa shape index (κ3) is 2.49. The Balaban J connectivity index is 2.29. The molecule has 1 heterocycles. The van der Waals surface area contributed by atoms with E-state index in [9.17, 15) is 5.11 Å². The largest absolute Gasteiger partial charge is 0.385 e. The van der Waals surface area contributed by atoms with Crippen molar-refractivity contribution in [1.82, 2.24) is 4.90 Å². The molecule has 3 atom stereocenters. The minimum Gasteiger partial charge on any atom is -0.385 e. The molecule has 0 aliphatic carbocycles. The Kier molecular flexibility index (Phi) is 3.95. The number of likely N-dealkylation sites (tertiary alicyclic amines) is 1. The number of hydrogen-bond acceptors (Lipinski definition) is 2. The minimum atomic E-state index is -0.762. The smallest absolute Gasteiger partial charge is 0.0948 e. The number of benzene rings is 1. The molecule has 1 aromatic carbocycles. The maximum atomic E-state index is 11.2. The zero-order chi connectivity index (χ0) is 15.0. The summed E-state index contributed by atoms with van der Waals surface area (Å²) in [7, 11) is 0. The van der Waals surface area contributed by atoms with Gasteiger partial charge in [-0.15, -0.1) is 6.42 Å². The third-order valence-corrected chi connectivity index (χ3v) is 4.77. The SMILES string of the molecule is C#CC(C)(C)N1C[C@H](C)[C@@](O)(c2ccccc2)C[C@@H]1C. The summed E-state index contributed by atoms with van der Waals surface area (Å²) in [5.74, 6) is 3.02. The van der Waals surface area contributed by atoms with E-state index in [1.807, 2.05) is 30.3 Å². The van der Waals surface area contributed by atoms with Crippen molar-refractivity contribution in [3.63, 3.8) is 0 Å². The van der Waals surface area contributed by atoms with Crippen LogP contribution in [0.2, 0.25) is 0 Å². The molecule has 20 heavy (non-hydrogen) atoms. The van der Waals surface area contributed by atoms with Gasteiger partial charge in [0, 0.05) is 18.5 Å². The van der Waals surface area contributed by atoms with Gasteiger partial charge in [-0.25, -0.2) is 0 Å². The molecule has 1 aliphatic rings. The number of terminal acetylenes is 1. The number of hydrogen-bond donors (Lipinski definition) is 1. The van der Waals surface area contributed by atoms with Crippen LogP contribution in [0.1, 0.15) is 39.7 Å². The fourth-order valence-electron chi connectivity index (χ4n) is 3.38. The van der Waals surface area contributed by atoms with E-state index in [1.165, 1.54) is 0 Å². The molecule has 0 aromatic heterocycles. The molecule has 1 saturated heterocycles. The van der Waals surface area contributed by atoms with E-state index in [2.05, 4.69) is 38.5 Å². The second-order valence-electron chi connectivity index (χ2n) is 6.60. The van der Waals surface area contributed by atoms with Crippen LogP contribution in [0.25, 0.3) is 0 Å². The Morgan fingerprint density at radius 3 is 2.45 bits per heavy atom. The second kappa shape index (κ2) is 5.24.